The molecule has 148 valence electrons. The van der Waals surface area contributed by atoms with Gasteiger partial charge in [0.15, 0.2) is 0 Å². The van der Waals surface area contributed by atoms with Gasteiger partial charge in [0, 0.05) is 18.4 Å². The molecule has 0 spiro atoms. The van der Waals surface area contributed by atoms with E-state index in [4.69, 9.17) is 4.42 Å². The summed E-state index contributed by atoms with van der Waals surface area (Å²) < 4.78 is 7.48. The van der Waals surface area contributed by atoms with Gasteiger partial charge in [-0.05, 0) is 44.2 Å². The highest BCUT2D eigenvalue weighted by Gasteiger charge is 2.20. The topological polar surface area (TPSA) is 84.1 Å². The summed E-state index contributed by atoms with van der Waals surface area (Å²) in [6.07, 6.45) is 1.64. The second-order valence-electron chi connectivity index (χ2n) is 7.14. The number of hydrogen-bond donors (Lipinski definition) is 1. The molecular weight excluding hydrogens is 368 g/mol. The maximum Gasteiger partial charge on any atom is 0.258 e. The normalized spacial score (nSPS) is 11.1. The van der Waals surface area contributed by atoms with Crippen molar-refractivity contribution in [3.8, 4) is 0 Å². The fraction of sp³-hybridized carbons (Fsp3) is 0.227. The molecule has 0 bridgehead atoms. The maximum absolute atomic E-state index is 13.1. The molecule has 4 rings (SSSR count). The number of aromatic nitrogens is 3. The van der Waals surface area contributed by atoms with Crippen molar-refractivity contribution in [1.29, 1.82) is 0 Å². The predicted octanol–water partition coefficient (Wildman–Crippen LogP) is 3.25. The van der Waals surface area contributed by atoms with E-state index < -0.39 is 0 Å². The van der Waals surface area contributed by atoms with Crippen LogP contribution in [0.1, 0.15) is 33.3 Å². The van der Waals surface area contributed by atoms with E-state index in [9.17, 15) is 9.59 Å². The third kappa shape index (κ3) is 3.59. The molecule has 0 atom stereocenters. The number of furan rings is 1. The zero-order valence-corrected chi connectivity index (χ0v) is 16.6. The molecule has 3 aromatic heterocycles. The lowest BCUT2D eigenvalue weighted by Gasteiger charge is -2.17. The van der Waals surface area contributed by atoms with Gasteiger partial charge in [0.25, 0.3) is 11.5 Å². The number of rotatable bonds is 5. The molecule has 0 aliphatic rings. The van der Waals surface area contributed by atoms with Crippen LogP contribution in [0.15, 0.2) is 57.9 Å². The first-order valence-corrected chi connectivity index (χ1v) is 9.36. The predicted molar refractivity (Wildman–Crippen MR) is 110 cm³/mol. The number of aryl methyl sites for hydroxylation is 1. The highest BCUT2D eigenvalue weighted by Crippen LogP contribution is 2.19. The number of aromatic amines is 1. The quantitative estimate of drug-likeness (QED) is 0.567. The Hall–Kier alpha value is -3.61. The minimum atomic E-state index is -0.205. The fourth-order valence-corrected chi connectivity index (χ4v) is 3.53. The SMILES string of the molecule is Cc1cc(C(=O)N(C)Cc2nc3ccccc3c(=O)[nH]2)c(C)n1Cc1ccco1. The molecule has 0 saturated carbocycles. The number of nitrogens with one attached hydrogen (secondary N) is 1. The summed E-state index contributed by atoms with van der Waals surface area (Å²) in [5, 5.41) is 0.534. The first kappa shape index (κ1) is 18.7. The average molecular weight is 390 g/mol. The van der Waals surface area contributed by atoms with Crippen LogP contribution >= 0.6 is 0 Å². The second kappa shape index (κ2) is 7.43. The van der Waals surface area contributed by atoms with Crippen LogP contribution in [0.4, 0.5) is 0 Å². The highest BCUT2D eigenvalue weighted by molar-refractivity contribution is 5.95. The zero-order valence-electron chi connectivity index (χ0n) is 16.6. The number of carbonyl (C=O) groups excluding carboxylic acids is 1. The van der Waals surface area contributed by atoms with Gasteiger partial charge < -0.3 is 18.9 Å². The van der Waals surface area contributed by atoms with Crippen LogP contribution in [0.25, 0.3) is 10.9 Å². The molecule has 1 amide bonds. The van der Waals surface area contributed by atoms with E-state index in [1.54, 1.807) is 36.4 Å². The van der Waals surface area contributed by atoms with Crippen molar-refractivity contribution < 1.29 is 9.21 Å². The van der Waals surface area contributed by atoms with E-state index in [0.29, 0.717) is 28.8 Å². The zero-order chi connectivity index (χ0) is 20.5. The van der Waals surface area contributed by atoms with E-state index in [1.165, 1.54) is 0 Å². The number of carbonyl (C=O) groups is 1. The number of nitrogens with zero attached hydrogens (tertiary/aromatic N) is 3. The van der Waals surface area contributed by atoms with Gasteiger partial charge in [-0.2, -0.15) is 0 Å². The van der Waals surface area contributed by atoms with Crippen LogP contribution in [0.5, 0.6) is 0 Å². The largest absolute Gasteiger partial charge is 0.467 e. The highest BCUT2D eigenvalue weighted by atomic mass is 16.3. The van der Waals surface area contributed by atoms with Gasteiger partial charge in [0.05, 0.1) is 35.8 Å². The monoisotopic (exact) mass is 390 g/mol. The van der Waals surface area contributed by atoms with Gasteiger partial charge in [-0.25, -0.2) is 4.98 Å². The lowest BCUT2D eigenvalue weighted by atomic mass is 10.2. The Morgan fingerprint density at radius 3 is 2.76 bits per heavy atom. The molecule has 7 nitrogen and oxygen atoms in total. The lowest BCUT2D eigenvalue weighted by Crippen LogP contribution is -2.28. The molecule has 1 aromatic carbocycles. The fourth-order valence-electron chi connectivity index (χ4n) is 3.53. The van der Waals surface area contributed by atoms with E-state index >= 15 is 0 Å². The van der Waals surface area contributed by atoms with Crippen molar-refractivity contribution in [2.45, 2.75) is 26.9 Å². The van der Waals surface area contributed by atoms with Crippen molar-refractivity contribution in [3.05, 3.63) is 87.6 Å². The van der Waals surface area contributed by atoms with Gasteiger partial charge in [0.1, 0.15) is 11.6 Å². The van der Waals surface area contributed by atoms with Crippen LogP contribution < -0.4 is 5.56 Å². The smallest absolute Gasteiger partial charge is 0.258 e. The first-order valence-electron chi connectivity index (χ1n) is 9.36. The molecule has 0 aliphatic carbocycles. The Bertz CT molecular complexity index is 1230. The number of hydrogen-bond acceptors (Lipinski definition) is 4. The second-order valence-corrected chi connectivity index (χ2v) is 7.14. The summed E-state index contributed by atoms with van der Waals surface area (Å²) in [6, 6.07) is 12.8. The minimum absolute atomic E-state index is 0.125. The molecule has 0 saturated heterocycles. The first-order chi connectivity index (χ1) is 13.9. The van der Waals surface area contributed by atoms with Crippen LogP contribution in [-0.2, 0) is 13.1 Å². The van der Waals surface area contributed by atoms with Gasteiger partial charge >= 0.3 is 0 Å². The number of para-hydroxylation sites is 1. The number of H-pyrrole nitrogens is 1. The molecule has 0 radical (unpaired) electrons. The Kier molecular flexibility index (Phi) is 4.80. The molecule has 0 fully saturated rings. The maximum atomic E-state index is 13.1. The number of amides is 1. The summed E-state index contributed by atoms with van der Waals surface area (Å²) in [5.74, 6) is 1.16. The van der Waals surface area contributed by atoms with Crippen LogP contribution in [0, 0.1) is 13.8 Å². The minimum Gasteiger partial charge on any atom is -0.467 e. The molecule has 4 aromatic rings. The van der Waals surface area contributed by atoms with Gasteiger partial charge in [-0.15, -0.1) is 0 Å². The number of benzene rings is 1. The number of fused-ring (bicyclic) bond motifs is 1. The van der Waals surface area contributed by atoms with Crippen molar-refractivity contribution in [2.75, 3.05) is 7.05 Å². The van der Waals surface area contributed by atoms with Crippen molar-refractivity contribution in [1.82, 2.24) is 19.4 Å². The van der Waals surface area contributed by atoms with E-state index in [2.05, 4.69) is 14.5 Å². The van der Waals surface area contributed by atoms with E-state index in [1.807, 2.05) is 38.1 Å². The van der Waals surface area contributed by atoms with Crippen molar-refractivity contribution in [3.63, 3.8) is 0 Å². The van der Waals surface area contributed by atoms with Crippen molar-refractivity contribution in [2.24, 2.45) is 0 Å². The molecule has 1 N–H and O–H groups in total. The van der Waals surface area contributed by atoms with Crippen LogP contribution in [0.2, 0.25) is 0 Å². The summed E-state index contributed by atoms with van der Waals surface area (Å²) >= 11 is 0. The summed E-state index contributed by atoms with van der Waals surface area (Å²) in [4.78, 5) is 34.1. The average Bonchev–Trinajstić information content (AvgIpc) is 3.31. The Morgan fingerprint density at radius 1 is 1.21 bits per heavy atom. The van der Waals surface area contributed by atoms with Crippen LogP contribution in [0.3, 0.4) is 0 Å². The van der Waals surface area contributed by atoms with Gasteiger partial charge in [-0.1, -0.05) is 12.1 Å². The summed E-state index contributed by atoms with van der Waals surface area (Å²) in [7, 11) is 1.70. The summed E-state index contributed by atoms with van der Waals surface area (Å²) in [5.41, 5.74) is 2.88. The molecule has 0 unspecified atom stereocenters. The third-order valence-electron chi connectivity index (χ3n) is 5.09. The third-order valence-corrected chi connectivity index (χ3v) is 5.09. The Labute approximate surface area is 167 Å². The molecular formula is C22H22N4O3. The van der Waals surface area contributed by atoms with Gasteiger partial charge in [0.2, 0.25) is 0 Å². The molecule has 0 aliphatic heterocycles. The summed E-state index contributed by atoms with van der Waals surface area (Å²) in [6.45, 7) is 4.67. The van der Waals surface area contributed by atoms with Crippen molar-refractivity contribution >= 4 is 16.8 Å². The molecule has 7 heteroatoms. The molecule has 3 heterocycles. The van der Waals surface area contributed by atoms with Gasteiger partial charge in [-0.3, -0.25) is 9.59 Å². The van der Waals surface area contributed by atoms with Crippen LogP contribution in [-0.4, -0.2) is 32.4 Å². The van der Waals surface area contributed by atoms with E-state index in [0.717, 1.165) is 17.1 Å². The Morgan fingerprint density at radius 2 is 2.00 bits per heavy atom. The Balaban J connectivity index is 1.58. The molecule has 29 heavy (non-hydrogen) atoms. The van der Waals surface area contributed by atoms with E-state index in [-0.39, 0.29) is 18.0 Å². The lowest BCUT2D eigenvalue weighted by molar-refractivity contribution is 0.0780. The standard InChI is InChI=1S/C22H22N4O3/c1-14-11-18(15(2)26(14)12-16-7-6-10-29-16)22(28)25(3)13-20-23-19-9-5-4-8-17(19)21(27)24-20/h4-11H,12-13H2,1-3H3,(H,23,24,27).